The SMILES string of the molecule is CCOC(=O)c1ccnc(N(C)CC(C)O)c1N. The van der Waals surface area contributed by atoms with Crippen molar-refractivity contribution in [1.29, 1.82) is 0 Å². The number of aliphatic hydroxyl groups is 1. The Balaban J connectivity index is 3.01. The highest BCUT2D eigenvalue weighted by Crippen LogP contribution is 2.23. The van der Waals surface area contributed by atoms with Crippen LogP contribution in [-0.4, -0.2) is 42.4 Å². The zero-order chi connectivity index (χ0) is 13.7. The molecule has 100 valence electrons. The van der Waals surface area contributed by atoms with E-state index >= 15 is 0 Å². The summed E-state index contributed by atoms with van der Waals surface area (Å²) in [5.74, 6) is -0.00875. The summed E-state index contributed by atoms with van der Waals surface area (Å²) >= 11 is 0. The molecule has 1 aromatic rings. The first-order valence-electron chi connectivity index (χ1n) is 5.78. The first-order valence-corrected chi connectivity index (χ1v) is 5.78. The lowest BCUT2D eigenvalue weighted by molar-refractivity contribution is 0.0527. The molecule has 0 saturated carbocycles. The predicted molar refractivity (Wildman–Crippen MR) is 69.6 cm³/mol. The molecule has 18 heavy (non-hydrogen) atoms. The largest absolute Gasteiger partial charge is 0.462 e. The van der Waals surface area contributed by atoms with Crippen LogP contribution in [0.3, 0.4) is 0 Å². The number of ether oxygens (including phenoxy) is 1. The highest BCUT2D eigenvalue weighted by molar-refractivity contribution is 5.97. The molecule has 6 nitrogen and oxygen atoms in total. The number of pyridine rings is 1. The number of aromatic nitrogens is 1. The Bertz CT molecular complexity index is 421. The lowest BCUT2D eigenvalue weighted by atomic mass is 10.2. The average molecular weight is 253 g/mol. The van der Waals surface area contributed by atoms with Crippen LogP contribution in [0, 0.1) is 0 Å². The summed E-state index contributed by atoms with van der Waals surface area (Å²) < 4.78 is 4.91. The lowest BCUT2D eigenvalue weighted by Crippen LogP contribution is -2.28. The van der Waals surface area contributed by atoms with Gasteiger partial charge in [0.1, 0.15) is 0 Å². The quantitative estimate of drug-likeness (QED) is 0.749. The van der Waals surface area contributed by atoms with E-state index in [0.29, 0.717) is 24.5 Å². The van der Waals surface area contributed by atoms with Gasteiger partial charge in [-0.1, -0.05) is 0 Å². The minimum absolute atomic E-state index is 0.263. The van der Waals surface area contributed by atoms with E-state index in [9.17, 15) is 9.90 Å². The third-order valence-electron chi connectivity index (χ3n) is 2.36. The topological polar surface area (TPSA) is 88.7 Å². The molecule has 1 aromatic heterocycles. The average Bonchev–Trinajstić information content (AvgIpc) is 2.28. The van der Waals surface area contributed by atoms with Gasteiger partial charge < -0.3 is 20.5 Å². The zero-order valence-electron chi connectivity index (χ0n) is 10.9. The molecular formula is C12H19N3O3. The molecular weight excluding hydrogens is 234 g/mol. The molecule has 1 rings (SSSR count). The summed E-state index contributed by atoms with van der Waals surface area (Å²) in [5.41, 5.74) is 6.46. The van der Waals surface area contributed by atoms with E-state index in [-0.39, 0.29) is 5.69 Å². The van der Waals surface area contributed by atoms with Crippen LogP contribution >= 0.6 is 0 Å². The lowest BCUT2D eigenvalue weighted by Gasteiger charge is -2.22. The van der Waals surface area contributed by atoms with Gasteiger partial charge in [-0.2, -0.15) is 0 Å². The molecule has 0 spiro atoms. The molecule has 0 fully saturated rings. The molecule has 0 radical (unpaired) electrons. The fourth-order valence-corrected chi connectivity index (χ4v) is 1.64. The molecule has 0 aliphatic rings. The van der Waals surface area contributed by atoms with Crippen molar-refractivity contribution in [1.82, 2.24) is 4.98 Å². The van der Waals surface area contributed by atoms with Crippen molar-refractivity contribution in [2.75, 3.05) is 30.8 Å². The van der Waals surface area contributed by atoms with Gasteiger partial charge in [0, 0.05) is 19.8 Å². The second-order valence-electron chi connectivity index (χ2n) is 4.05. The van der Waals surface area contributed by atoms with Crippen LogP contribution in [-0.2, 0) is 4.74 Å². The third kappa shape index (κ3) is 3.33. The van der Waals surface area contributed by atoms with Crippen molar-refractivity contribution in [3.8, 4) is 0 Å². The van der Waals surface area contributed by atoms with Crippen LogP contribution in [0.15, 0.2) is 12.3 Å². The molecule has 0 aromatic carbocycles. The number of anilines is 2. The fraction of sp³-hybridized carbons (Fsp3) is 0.500. The first kappa shape index (κ1) is 14.2. The van der Waals surface area contributed by atoms with Gasteiger partial charge in [-0.15, -0.1) is 0 Å². The Morgan fingerprint density at radius 2 is 2.33 bits per heavy atom. The molecule has 1 atom stereocenters. The van der Waals surface area contributed by atoms with Gasteiger partial charge in [0.05, 0.1) is 24.0 Å². The molecule has 0 aliphatic carbocycles. The summed E-state index contributed by atoms with van der Waals surface area (Å²) in [6.07, 6.45) is 0.985. The van der Waals surface area contributed by atoms with Gasteiger partial charge in [0.15, 0.2) is 5.82 Å². The van der Waals surface area contributed by atoms with Gasteiger partial charge in [0.2, 0.25) is 0 Å². The van der Waals surface area contributed by atoms with E-state index < -0.39 is 12.1 Å². The maximum absolute atomic E-state index is 11.7. The van der Waals surface area contributed by atoms with Crippen molar-refractivity contribution in [2.24, 2.45) is 0 Å². The van der Waals surface area contributed by atoms with E-state index in [1.165, 1.54) is 12.3 Å². The Morgan fingerprint density at radius 1 is 1.67 bits per heavy atom. The smallest absolute Gasteiger partial charge is 0.340 e. The molecule has 6 heteroatoms. The second-order valence-corrected chi connectivity index (χ2v) is 4.05. The van der Waals surface area contributed by atoms with Crippen LogP contribution in [0.25, 0.3) is 0 Å². The van der Waals surface area contributed by atoms with Crippen molar-refractivity contribution in [2.45, 2.75) is 20.0 Å². The Kier molecular flexibility index (Phi) is 4.91. The predicted octanol–water partition coefficient (Wildman–Crippen LogP) is 0.658. The molecule has 3 N–H and O–H groups in total. The number of carbonyl (C=O) groups is 1. The maximum Gasteiger partial charge on any atom is 0.340 e. The normalized spacial score (nSPS) is 12.0. The molecule has 0 aliphatic heterocycles. The Hall–Kier alpha value is -1.82. The Labute approximate surface area is 106 Å². The summed E-state index contributed by atoms with van der Waals surface area (Å²) in [6, 6.07) is 1.52. The number of hydrogen-bond acceptors (Lipinski definition) is 6. The first-order chi connectivity index (χ1) is 8.47. The number of esters is 1. The Morgan fingerprint density at radius 3 is 2.89 bits per heavy atom. The van der Waals surface area contributed by atoms with E-state index in [1.54, 1.807) is 25.8 Å². The number of nitrogen functional groups attached to an aromatic ring is 1. The van der Waals surface area contributed by atoms with Gasteiger partial charge >= 0.3 is 5.97 Å². The number of nitrogens with zero attached hydrogens (tertiary/aromatic N) is 2. The van der Waals surface area contributed by atoms with Crippen molar-refractivity contribution in [3.63, 3.8) is 0 Å². The molecule has 1 unspecified atom stereocenters. The van der Waals surface area contributed by atoms with E-state index in [0.717, 1.165) is 0 Å². The highest BCUT2D eigenvalue weighted by Gasteiger charge is 2.17. The van der Waals surface area contributed by atoms with Crippen molar-refractivity contribution < 1.29 is 14.6 Å². The highest BCUT2D eigenvalue weighted by atomic mass is 16.5. The molecule has 1 heterocycles. The van der Waals surface area contributed by atoms with Gasteiger partial charge in [-0.25, -0.2) is 9.78 Å². The van der Waals surface area contributed by atoms with Crippen LogP contribution in [0.5, 0.6) is 0 Å². The van der Waals surface area contributed by atoms with Crippen LogP contribution in [0.4, 0.5) is 11.5 Å². The summed E-state index contributed by atoms with van der Waals surface area (Å²) in [6.45, 7) is 4.07. The monoisotopic (exact) mass is 253 g/mol. The molecule has 0 bridgehead atoms. The minimum Gasteiger partial charge on any atom is -0.462 e. The summed E-state index contributed by atoms with van der Waals surface area (Å²) in [7, 11) is 1.75. The fourth-order valence-electron chi connectivity index (χ4n) is 1.64. The van der Waals surface area contributed by atoms with Crippen LogP contribution in [0.2, 0.25) is 0 Å². The summed E-state index contributed by atoms with van der Waals surface area (Å²) in [4.78, 5) is 17.5. The van der Waals surface area contributed by atoms with Crippen molar-refractivity contribution >= 4 is 17.5 Å². The number of nitrogens with two attached hydrogens (primary N) is 1. The minimum atomic E-state index is -0.512. The van der Waals surface area contributed by atoms with Crippen LogP contribution in [0.1, 0.15) is 24.2 Å². The number of carbonyl (C=O) groups excluding carboxylic acids is 1. The van der Waals surface area contributed by atoms with E-state index in [1.807, 2.05) is 0 Å². The zero-order valence-corrected chi connectivity index (χ0v) is 10.9. The maximum atomic E-state index is 11.7. The molecule has 0 saturated heterocycles. The number of hydrogen-bond donors (Lipinski definition) is 2. The van der Waals surface area contributed by atoms with E-state index in [2.05, 4.69) is 4.98 Å². The third-order valence-corrected chi connectivity index (χ3v) is 2.36. The van der Waals surface area contributed by atoms with Crippen molar-refractivity contribution in [3.05, 3.63) is 17.8 Å². The second kappa shape index (κ2) is 6.20. The van der Waals surface area contributed by atoms with Crippen LogP contribution < -0.4 is 10.6 Å². The van der Waals surface area contributed by atoms with Gasteiger partial charge in [0.25, 0.3) is 0 Å². The van der Waals surface area contributed by atoms with E-state index in [4.69, 9.17) is 10.5 Å². The summed E-state index contributed by atoms with van der Waals surface area (Å²) in [5, 5.41) is 9.34. The van der Waals surface area contributed by atoms with Gasteiger partial charge in [-0.3, -0.25) is 0 Å². The van der Waals surface area contributed by atoms with Gasteiger partial charge in [-0.05, 0) is 19.9 Å². The standard InChI is InChI=1S/C12H19N3O3/c1-4-18-12(17)9-5-6-14-11(10(9)13)15(3)7-8(2)16/h5-6,8,16H,4,7,13H2,1-3H3. The number of likely N-dealkylation sites (N-methyl/N-ethyl adjacent to an activating group) is 1. The number of aliphatic hydroxyl groups excluding tert-OH is 1. The molecule has 0 amide bonds. The number of rotatable bonds is 5.